The average molecular weight is 306 g/mol. The summed E-state index contributed by atoms with van der Waals surface area (Å²) in [5.74, 6) is 0. The molecule has 0 fully saturated rings. The molecule has 120 valence electrons. The van der Waals surface area contributed by atoms with Crippen molar-refractivity contribution in [3.8, 4) is 0 Å². The minimum absolute atomic E-state index is 0.281. The predicted octanol–water partition coefficient (Wildman–Crippen LogP) is -1.85. The second-order valence-electron chi connectivity index (χ2n) is 5.91. The number of hydrogen-bond donors (Lipinski definition) is 2. The van der Waals surface area contributed by atoms with E-state index in [9.17, 15) is 4.20 Å². The number of aliphatic hydroxyl groups is 2. The van der Waals surface area contributed by atoms with Crippen molar-refractivity contribution in [3.63, 3.8) is 0 Å². The number of nitrogens with zero attached hydrogens (tertiary/aromatic N) is 2. The van der Waals surface area contributed by atoms with Crippen LogP contribution in [0, 0.1) is 0 Å². The Bertz CT molecular complexity index is 223. The van der Waals surface area contributed by atoms with Crippen LogP contribution in [0.25, 0.3) is 0 Å². The number of likely N-dealkylation sites (N-methyl/N-ethyl adjacent to an activating group) is 2. The molecule has 0 aromatic heterocycles. The maximum absolute atomic E-state index is 10.1. The molecule has 0 aliphatic carbocycles. The Morgan fingerprint density at radius 1 is 0.895 bits per heavy atom. The minimum atomic E-state index is -5.64. The smallest absolute Gasteiger partial charge is 0.110 e. The van der Waals surface area contributed by atoms with Crippen LogP contribution in [0.2, 0.25) is 0 Å². The summed E-state index contributed by atoms with van der Waals surface area (Å²) >= 11 is 0. The van der Waals surface area contributed by atoms with E-state index in [-0.39, 0.29) is 13.2 Å². The standard InChI is InChI=1S/2C5H14NO.FH2O3P/c2*1-6(2,3)4-5-7;1-5(2,3)4/h2*7H,4-5H2,1-3H3;(H2,2,3,4)/q2*+1;/p-2. The van der Waals surface area contributed by atoms with Crippen molar-refractivity contribution >= 4 is 7.91 Å². The van der Waals surface area contributed by atoms with Crippen molar-refractivity contribution in [1.29, 1.82) is 0 Å². The van der Waals surface area contributed by atoms with Crippen LogP contribution in [0.5, 0.6) is 0 Å². The van der Waals surface area contributed by atoms with E-state index in [0.29, 0.717) is 0 Å². The fourth-order valence-corrected chi connectivity index (χ4v) is 0.600. The first-order chi connectivity index (χ1) is 8.12. The Morgan fingerprint density at radius 2 is 1.05 bits per heavy atom. The first-order valence-electron chi connectivity index (χ1n) is 5.66. The van der Waals surface area contributed by atoms with Gasteiger partial charge >= 0.3 is 0 Å². The molecule has 0 atom stereocenters. The van der Waals surface area contributed by atoms with Gasteiger partial charge in [0.25, 0.3) is 0 Å². The Morgan fingerprint density at radius 3 is 1.05 bits per heavy atom. The van der Waals surface area contributed by atoms with E-state index < -0.39 is 7.91 Å². The fourth-order valence-electron chi connectivity index (χ4n) is 0.600. The van der Waals surface area contributed by atoms with Crippen molar-refractivity contribution in [2.75, 3.05) is 68.6 Å². The summed E-state index contributed by atoms with van der Waals surface area (Å²) in [7, 11) is 6.67. The molecular weight excluding hydrogens is 278 g/mol. The Kier molecular flexibility index (Phi) is 13.5. The van der Waals surface area contributed by atoms with Crippen LogP contribution in [-0.2, 0) is 4.57 Å². The molecule has 0 unspecified atom stereocenters. The lowest BCUT2D eigenvalue weighted by Gasteiger charge is -2.21. The van der Waals surface area contributed by atoms with Gasteiger partial charge in [-0.1, -0.05) is 0 Å². The van der Waals surface area contributed by atoms with Gasteiger partial charge in [-0.25, -0.2) is 4.20 Å². The van der Waals surface area contributed by atoms with Crippen molar-refractivity contribution < 1.29 is 37.7 Å². The predicted molar refractivity (Wildman–Crippen MR) is 68.7 cm³/mol. The molecule has 0 amide bonds. The third-order valence-corrected chi connectivity index (χ3v) is 1.54. The van der Waals surface area contributed by atoms with Gasteiger partial charge in [-0.2, -0.15) is 0 Å². The van der Waals surface area contributed by atoms with E-state index in [1.54, 1.807) is 0 Å². The summed E-state index contributed by atoms with van der Waals surface area (Å²) in [5.41, 5.74) is 0. The molecule has 0 aliphatic rings. The average Bonchev–Trinajstić information content (AvgIpc) is 1.95. The molecule has 0 spiro atoms. The topological polar surface area (TPSA) is 104 Å². The Hall–Kier alpha value is -0.0800. The van der Waals surface area contributed by atoms with Crippen molar-refractivity contribution in [3.05, 3.63) is 0 Å². The zero-order valence-electron chi connectivity index (χ0n) is 12.7. The monoisotopic (exact) mass is 306 g/mol. The highest BCUT2D eigenvalue weighted by atomic mass is 31.2. The molecule has 0 heterocycles. The number of aliphatic hydroxyl groups excluding tert-OH is 2. The molecule has 0 bridgehead atoms. The van der Waals surface area contributed by atoms with E-state index in [1.807, 2.05) is 0 Å². The molecule has 0 saturated carbocycles. The summed E-state index contributed by atoms with van der Waals surface area (Å²) in [5, 5.41) is 16.8. The van der Waals surface area contributed by atoms with E-state index in [1.165, 1.54) is 0 Å². The molecule has 0 rings (SSSR count). The highest BCUT2D eigenvalue weighted by molar-refractivity contribution is 7.42. The van der Waals surface area contributed by atoms with Gasteiger partial charge in [-0.3, -0.25) is 0 Å². The van der Waals surface area contributed by atoms with Gasteiger partial charge in [-0.05, 0) is 0 Å². The van der Waals surface area contributed by atoms with E-state index in [2.05, 4.69) is 42.3 Å². The van der Waals surface area contributed by atoms with Crippen LogP contribution in [0.1, 0.15) is 0 Å². The Labute approximate surface area is 115 Å². The zero-order valence-corrected chi connectivity index (χ0v) is 13.6. The van der Waals surface area contributed by atoms with Crippen LogP contribution >= 0.6 is 7.91 Å². The lowest BCUT2D eigenvalue weighted by molar-refractivity contribution is -0.870. The lowest BCUT2D eigenvalue weighted by atomic mass is 10.5. The van der Waals surface area contributed by atoms with Gasteiger partial charge in [0.2, 0.25) is 0 Å². The summed E-state index contributed by atoms with van der Waals surface area (Å²) in [6.45, 7) is 2.23. The van der Waals surface area contributed by atoms with Gasteiger partial charge < -0.3 is 33.5 Å². The van der Waals surface area contributed by atoms with Crippen LogP contribution < -0.4 is 9.79 Å². The van der Waals surface area contributed by atoms with Crippen molar-refractivity contribution in [2.45, 2.75) is 0 Å². The van der Waals surface area contributed by atoms with E-state index >= 15 is 0 Å². The van der Waals surface area contributed by atoms with Crippen LogP contribution in [-0.4, -0.2) is 87.8 Å². The maximum atomic E-state index is 10.1. The first kappa shape index (κ1) is 24.0. The Balaban J connectivity index is -0.000000206. The molecule has 7 nitrogen and oxygen atoms in total. The fraction of sp³-hybridized carbons (Fsp3) is 1.00. The first-order valence-corrected chi connectivity index (χ1v) is 7.10. The molecule has 9 heteroatoms. The summed E-state index contributed by atoms with van der Waals surface area (Å²) in [6, 6.07) is 0. The quantitative estimate of drug-likeness (QED) is 0.469. The normalized spacial score (nSPS) is 11.9. The summed E-state index contributed by atoms with van der Waals surface area (Å²) in [6.07, 6.45) is 0. The third kappa shape index (κ3) is 72.4. The van der Waals surface area contributed by atoms with Crippen molar-refractivity contribution in [2.24, 2.45) is 0 Å². The number of halogens is 1. The maximum Gasteiger partial charge on any atom is 0.110 e. The number of hydrogen-bond acceptors (Lipinski definition) is 5. The van der Waals surface area contributed by atoms with E-state index in [4.69, 9.17) is 24.6 Å². The molecule has 19 heavy (non-hydrogen) atoms. The van der Waals surface area contributed by atoms with Gasteiger partial charge in [-0.15, -0.1) is 0 Å². The highest BCUT2D eigenvalue weighted by Crippen LogP contribution is 2.22. The molecule has 0 aromatic rings. The SMILES string of the molecule is C[N+](C)(C)CCO.C[N+](C)(C)CCO.O=P([O-])([O-])F. The summed E-state index contributed by atoms with van der Waals surface area (Å²) < 4.78 is 20.3. The number of quaternary nitrogens is 2. The second-order valence-corrected chi connectivity index (χ2v) is 6.77. The lowest BCUT2D eigenvalue weighted by Crippen LogP contribution is -2.36. The molecule has 2 N–H and O–H groups in total. The molecule has 0 aromatic carbocycles. The zero-order chi connectivity index (χ0) is 16.3. The van der Waals surface area contributed by atoms with Gasteiger partial charge in [0, 0.05) is 0 Å². The highest BCUT2D eigenvalue weighted by Gasteiger charge is 2.02. The second kappa shape index (κ2) is 10.7. The van der Waals surface area contributed by atoms with Crippen LogP contribution in [0.15, 0.2) is 0 Å². The molecule has 0 saturated heterocycles. The van der Waals surface area contributed by atoms with Gasteiger partial charge in [0.05, 0.1) is 55.5 Å². The summed E-state index contributed by atoms with van der Waals surface area (Å²) in [4.78, 5) is 16.9. The number of rotatable bonds is 4. The minimum Gasteiger partial charge on any atom is -0.786 e. The van der Waals surface area contributed by atoms with Crippen LogP contribution in [0.4, 0.5) is 4.20 Å². The largest absolute Gasteiger partial charge is 0.786 e. The van der Waals surface area contributed by atoms with Gasteiger partial charge in [0.1, 0.15) is 21.0 Å². The van der Waals surface area contributed by atoms with Gasteiger partial charge in [0.15, 0.2) is 0 Å². The van der Waals surface area contributed by atoms with Crippen molar-refractivity contribution in [1.82, 2.24) is 0 Å². The van der Waals surface area contributed by atoms with Crippen LogP contribution in [0.3, 0.4) is 0 Å². The molecule has 0 aliphatic heterocycles. The van der Waals surface area contributed by atoms with E-state index in [0.717, 1.165) is 22.1 Å². The molecular formula is C10H28FN2O5P. The third-order valence-electron chi connectivity index (χ3n) is 1.54. The molecule has 0 radical (unpaired) electrons.